The van der Waals surface area contributed by atoms with Gasteiger partial charge in [-0.3, -0.25) is 9.69 Å². The van der Waals surface area contributed by atoms with E-state index in [0.717, 1.165) is 58.6 Å². The van der Waals surface area contributed by atoms with Gasteiger partial charge in [-0.05, 0) is 111 Å². The number of thioether (sulfide) groups is 2. The number of nitrogens with zero attached hydrogens (tertiary/aromatic N) is 1. The predicted octanol–water partition coefficient (Wildman–Crippen LogP) is 10.2. The summed E-state index contributed by atoms with van der Waals surface area (Å²) in [6, 6.07) is 12.1. The highest BCUT2D eigenvalue weighted by molar-refractivity contribution is 7.99. The normalized spacial score (nSPS) is 15.4. The van der Waals surface area contributed by atoms with Gasteiger partial charge in [0, 0.05) is 43.1 Å². The molecule has 11 heteroatoms. The molecule has 2 aromatic rings. The number of aliphatic carboxylic acids is 1. The molecule has 0 radical (unpaired) electrons. The Labute approximate surface area is 338 Å². The Morgan fingerprint density at radius 3 is 2.09 bits per heavy atom. The highest BCUT2D eigenvalue weighted by Crippen LogP contribution is 2.29. The zero-order valence-corrected chi connectivity index (χ0v) is 37.7. The summed E-state index contributed by atoms with van der Waals surface area (Å²) in [7, 11) is -0.0964. The maximum absolute atomic E-state index is 13.1. The predicted molar refractivity (Wildman–Crippen MR) is 236 cm³/mol. The van der Waals surface area contributed by atoms with Gasteiger partial charge in [-0.25, -0.2) is 13.2 Å². The van der Waals surface area contributed by atoms with Gasteiger partial charge in [0.25, 0.3) is 5.91 Å². The van der Waals surface area contributed by atoms with Crippen LogP contribution in [0.1, 0.15) is 127 Å². The van der Waals surface area contributed by atoms with Gasteiger partial charge in [0.05, 0.1) is 5.75 Å². The first-order valence-electron chi connectivity index (χ1n) is 20.0. The van der Waals surface area contributed by atoms with Crippen LogP contribution in [-0.2, 0) is 25.9 Å². The molecule has 2 aliphatic rings. The van der Waals surface area contributed by atoms with E-state index in [2.05, 4.69) is 53.7 Å². The Morgan fingerprint density at radius 2 is 1.59 bits per heavy atom. The Kier molecular flexibility index (Phi) is 29.9. The van der Waals surface area contributed by atoms with E-state index in [0.29, 0.717) is 5.56 Å². The SMILES string of the molecule is CC.CCCCSC(C)CC.COC.CSC1CCCCC1.Cc1ccccc1-c1cc(CN2CCCC2)ccc1C(=O)NC(CCS(C)(=O)=O)C(=O)O. The van der Waals surface area contributed by atoms with Crippen LogP contribution in [0.5, 0.6) is 0 Å². The van der Waals surface area contributed by atoms with Gasteiger partial charge in [0.1, 0.15) is 15.9 Å². The maximum atomic E-state index is 13.1. The number of sulfone groups is 1. The van der Waals surface area contributed by atoms with Gasteiger partial charge >= 0.3 is 5.97 Å². The van der Waals surface area contributed by atoms with Crippen molar-refractivity contribution in [3.05, 3.63) is 59.2 Å². The molecule has 4 rings (SSSR count). The quantitative estimate of drug-likeness (QED) is 0.170. The van der Waals surface area contributed by atoms with Crippen molar-refractivity contribution < 1.29 is 27.9 Å². The van der Waals surface area contributed by atoms with E-state index in [1.54, 1.807) is 20.3 Å². The van der Waals surface area contributed by atoms with Crippen LogP contribution < -0.4 is 5.32 Å². The summed E-state index contributed by atoms with van der Waals surface area (Å²) in [5.41, 5.74) is 4.11. The summed E-state index contributed by atoms with van der Waals surface area (Å²) in [6.45, 7) is 15.7. The van der Waals surface area contributed by atoms with Crippen molar-refractivity contribution in [2.24, 2.45) is 0 Å². The number of hydrogen-bond donors (Lipinski definition) is 2. The van der Waals surface area contributed by atoms with Gasteiger partial charge < -0.3 is 15.2 Å². The molecular formula is C43H74N2O6S3. The van der Waals surface area contributed by atoms with E-state index in [-0.39, 0.29) is 12.2 Å². The van der Waals surface area contributed by atoms with E-state index < -0.39 is 27.8 Å². The molecule has 2 fully saturated rings. The van der Waals surface area contributed by atoms with E-state index in [1.807, 2.05) is 68.9 Å². The van der Waals surface area contributed by atoms with Crippen molar-refractivity contribution >= 4 is 45.2 Å². The number of aryl methyl sites for hydroxylation is 1. The van der Waals surface area contributed by atoms with Crippen molar-refractivity contribution in [1.82, 2.24) is 10.2 Å². The van der Waals surface area contributed by atoms with Gasteiger partial charge in [-0.2, -0.15) is 23.5 Å². The second kappa shape index (κ2) is 31.1. The second-order valence-corrected chi connectivity index (χ2v) is 18.8. The molecule has 1 amide bonds. The first-order valence-corrected chi connectivity index (χ1v) is 24.4. The summed E-state index contributed by atoms with van der Waals surface area (Å²) in [4.78, 5) is 27.1. The molecule has 54 heavy (non-hydrogen) atoms. The molecule has 1 aliphatic carbocycles. The molecule has 1 aliphatic heterocycles. The number of carboxylic acid groups (broad SMARTS) is 1. The van der Waals surface area contributed by atoms with E-state index in [1.165, 1.54) is 70.0 Å². The average molecular weight is 811 g/mol. The van der Waals surface area contributed by atoms with Crippen LogP contribution in [0, 0.1) is 6.92 Å². The number of hydrogen-bond acceptors (Lipinski definition) is 8. The Balaban J connectivity index is 0.00000104. The van der Waals surface area contributed by atoms with E-state index in [9.17, 15) is 23.1 Å². The smallest absolute Gasteiger partial charge is 0.326 e. The van der Waals surface area contributed by atoms with Crippen molar-refractivity contribution in [3.8, 4) is 11.1 Å². The second-order valence-electron chi connectivity index (χ2n) is 13.8. The zero-order chi connectivity index (χ0) is 40.9. The van der Waals surface area contributed by atoms with Crippen molar-refractivity contribution in [2.75, 3.05) is 51.3 Å². The summed E-state index contributed by atoms with van der Waals surface area (Å²) in [5.74, 6) is -0.753. The number of amides is 1. The zero-order valence-electron chi connectivity index (χ0n) is 35.2. The monoisotopic (exact) mass is 810 g/mol. The molecule has 2 unspecified atom stereocenters. The number of methoxy groups -OCH3 is 1. The lowest BCUT2D eigenvalue weighted by atomic mass is 9.93. The van der Waals surface area contributed by atoms with Crippen LogP contribution in [0.3, 0.4) is 0 Å². The highest BCUT2D eigenvalue weighted by atomic mass is 32.2. The van der Waals surface area contributed by atoms with E-state index in [4.69, 9.17) is 0 Å². The van der Waals surface area contributed by atoms with Crippen molar-refractivity contribution in [3.63, 3.8) is 0 Å². The molecular weight excluding hydrogens is 737 g/mol. The number of likely N-dealkylation sites (tertiary alicyclic amines) is 1. The topological polar surface area (TPSA) is 113 Å². The summed E-state index contributed by atoms with van der Waals surface area (Å²) >= 11 is 4.15. The third-order valence-electron chi connectivity index (χ3n) is 9.11. The summed E-state index contributed by atoms with van der Waals surface area (Å²) < 4.78 is 27.2. The number of unbranched alkanes of at least 4 members (excludes halogenated alkanes) is 1. The Bertz CT molecular complexity index is 1390. The van der Waals surface area contributed by atoms with Gasteiger partial charge in [0.15, 0.2) is 0 Å². The first-order chi connectivity index (χ1) is 25.8. The average Bonchev–Trinajstić information content (AvgIpc) is 3.68. The standard InChI is InChI=1S/C24H30N2O5S.C8H18S.C7H14S.C2H6O.C2H6/c1-17-7-3-4-8-19(17)21-15-18(16-26-12-5-6-13-26)9-10-20(21)23(27)25-22(24(28)29)11-14-32(2,30)31;1-4-6-7-9-8(3)5-2;1-8-7-5-3-2-4-6-7;1-3-2;1-2/h3-4,7-10,15,22H,5-6,11-14,16H2,1-2H3,(H,25,27)(H,28,29);8H,4-7H2,1-3H3;7H,2-6H2,1H3;1-2H3;1-2H3. The molecule has 310 valence electrons. The number of nitrogens with one attached hydrogen (secondary N) is 1. The summed E-state index contributed by atoms with van der Waals surface area (Å²) in [5, 5.41) is 13.9. The Hall–Kier alpha value is -2.05. The molecule has 2 atom stereocenters. The van der Waals surface area contributed by atoms with Crippen LogP contribution in [-0.4, -0.2) is 98.2 Å². The van der Waals surface area contributed by atoms with Crippen LogP contribution in [0.2, 0.25) is 0 Å². The van der Waals surface area contributed by atoms with E-state index >= 15 is 0 Å². The third kappa shape index (κ3) is 23.1. The molecule has 1 saturated carbocycles. The number of carbonyl (C=O) groups excluding carboxylic acids is 1. The van der Waals surface area contributed by atoms with Crippen LogP contribution >= 0.6 is 23.5 Å². The fraction of sp³-hybridized carbons (Fsp3) is 0.674. The van der Waals surface area contributed by atoms with Crippen LogP contribution in [0.15, 0.2) is 42.5 Å². The summed E-state index contributed by atoms with van der Waals surface area (Å²) in [6.07, 6.45) is 16.9. The number of rotatable bonds is 15. The molecule has 2 N–H and O–H groups in total. The molecule has 0 bridgehead atoms. The number of carboxylic acids is 1. The van der Waals surface area contributed by atoms with Crippen LogP contribution in [0.25, 0.3) is 11.1 Å². The lowest BCUT2D eigenvalue weighted by molar-refractivity contribution is -0.139. The first kappa shape index (κ1) is 52.0. The fourth-order valence-electron chi connectivity index (χ4n) is 5.86. The number of carbonyl (C=O) groups is 2. The lowest BCUT2D eigenvalue weighted by Crippen LogP contribution is -2.42. The molecule has 0 aromatic heterocycles. The third-order valence-corrected chi connectivity index (χ3v) is 12.7. The van der Waals surface area contributed by atoms with Gasteiger partial charge in [-0.1, -0.05) is 90.6 Å². The Morgan fingerprint density at radius 1 is 0.981 bits per heavy atom. The molecule has 0 spiro atoms. The van der Waals surface area contributed by atoms with Crippen LogP contribution in [0.4, 0.5) is 0 Å². The molecule has 1 saturated heterocycles. The lowest BCUT2D eigenvalue weighted by Gasteiger charge is -2.19. The van der Waals surface area contributed by atoms with Gasteiger partial charge in [-0.15, -0.1) is 0 Å². The molecule has 8 nitrogen and oxygen atoms in total. The number of ether oxygens (including phenoxy) is 1. The largest absolute Gasteiger partial charge is 0.480 e. The minimum absolute atomic E-state index is 0.188. The number of benzene rings is 2. The minimum Gasteiger partial charge on any atom is -0.480 e. The van der Waals surface area contributed by atoms with Crippen molar-refractivity contribution in [1.29, 1.82) is 0 Å². The fourth-order valence-corrected chi connectivity index (χ4v) is 8.42. The molecule has 2 aromatic carbocycles. The van der Waals surface area contributed by atoms with Gasteiger partial charge in [0.2, 0.25) is 0 Å². The maximum Gasteiger partial charge on any atom is 0.326 e. The van der Waals surface area contributed by atoms with Crippen molar-refractivity contribution in [2.45, 2.75) is 135 Å². The minimum atomic E-state index is -3.35. The molecule has 1 heterocycles. The highest BCUT2D eigenvalue weighted by Gasteiger charge is 2.24.